The Balaban J connectivity index is 1.43. The fraction of sp³-hybridized carbons (Fsp3) is 0.263. The number of amides is 2. The van der Waals surface area contributed by atoms with Crippen molar-refractivity contribution >= 4 is 28.6 Å². The molecule has 0 atom stereocenters. The molecule has 4 rings (SSSR count). The smallest absolute Gasteiger partial charge is 0.321 e. The summed E-state index contributed by atoms with van der Waals surface area (Å²) in [5.41, 5.74) is 3.09. The Hall–Kier alpha value is -3.60. The molecule has 8 nitrogen and oxygen atoms in total. The minimum atomic E-state index is -0.157. The minimum absolute atomic E-state index is 0.157. The lowest BCUT2D eigenvalue weighted by Gasteiger charge is -2.35. The molecule has 1 aliphatic heterocycles. The Morgan fingerprint density at radius 3 is 2.85 bits per heavy atom. The summed E-state index contributed by atoms with van der Waals surface area (Å²) in [6.07, 6.45) is 3.50. The highest BCUT2D eigenvalue weighted by Gasteiger charge is 2.24. The average molecular weight is 361 g/mol. The topological polar surface area (TPSA) is 101 Å². The molecule has 2 amide bonds. The number of benzene rings is 1. The Morgan fingerprint density at radius 1 is 1.26 bits per heavy atom. The number of carbonyl (C=O) groups excluding carboxylic acids is 1. The molecule has 8 heteroatoms. The third kappa shape index (κ3) is 3.27. The zero-order valence-electron chi connectivity index (χ0n) is 14.9. The second kappa shape index (κ2) is 6.96. The molecule has 0 aliphatic carbocycles. The minimum Gasteiger partial charge on any atom is -0.352 e. The highest BCUT2D eigenvalue weighted by molar-refractivity contribution is 5.91. The molecule has 0 spiro atoms. The zero-order chi connectivity index (χ0) is 18.8. The Morgan fingerprint density at radius 2 is 2.07 bits per heavy atom. The van der Waals surface area contributed by atoms with E-state index < -0.39 is 0 Å². The van der Waals surface area contributed by atoms with Crippen molar-refractivity contribution < 1.29 is 4.79 Å². The number of anilines is 2. The van der Waals surface area contributed by atoms with E-state index in [9.17, 15) is 4.79 Å². The number of aromatic amines is 1. The van der Waals surface area contributed by atoms with Gasteiger partial charge in [-0.2, -0.15) is 5.26 Å². The molecule has 0 saturated carbocycles. The monoisotopic (exact) mass is 361 g/mol. The van der Waals surface area contributed by atoms with Crippen LogP contribution in [0.25, 0.3) is 11.0 Å². The van der Waals surface area contributed by atoms with Crippen molar-refractivity contribution in [2.24, 2.45) is 0 Å². The molecule has 136 valence electrons. The average Bonchev–Trinajstić information content (AvgIpc) is 3.09. The lowest BCUT2D eigenvalue weighted by atomic mass is 10.2. The van der Waals surface area contributed by atoms with Gasteiger partial charge in [0.15, 0.2) is 0 Å². The quantitative estimate of drug-likeness (QED) is 0.730. The number of hydrogen-bond acceptors (Lipinski definition) is 5. The van der Waals surface area contributed by atoms with E-state index in [0.29, 0.717) is 37.4 Å². The number of urea groups is 1. The first-order valence-electron chi connectivity index (χ1n) is 8.75. The van der Waals surface area contributed by atoms with Gasteiger partial charge in [-0.3, -0.25) is 0 Å². The fourth-order valence-electron chi connectivity index (χ4n) is 3.33. The molecular weight excluding hydrogens is 342 g/mol. The number of piperazine rings is 1. The van der Waals surface area contributed by atoms with Crippen LogP contribution in [0.1, 0.15) is 11.1 Å². The van der Waals surface area contributed by atoms with E-state index in [-0.39, 0.29) is 6.03 Å². The molecule has 3 heterocycles. The Bertz CT molecular complexity index is 1030. The molecule has 2 aromatic heterocycles. The van der Waals surface area contributed by atoms with E-state index in [2.05, 4.69) is 31.2 Å². The van der Waals surface area contributed by atoms with E-state index >= 15 is 0 Å². The summed E-state index contributed by atoms with van der Waals surface area (Å²) in [6.45, 7) is 4.62. The van der Waals surface area contributed by atoms with Gasteiger partial charge in [-0.25, -0.2) is 14.8 Å². The predicted molar refractivity (Wildman–Crippen MR) is 103 cm³/mol. The Kier molecular flexibility index (Phi) is 4.34. The molecule has 27 heavy (non-hydrogen) atoms. The number of H-pyrrole nitrogens is 1. The van der Waals surface area contributed by atoms with Crippen molar-refractivity contribution in [3.8, 4) is 6.07 Å². The maximum Gasteiger partial charge on any atom is 0.321 e. The van der Waals surface area contributed by atoms with E-state index in [0.717, 1.165) is 22.4 Å². The summed E-state index contributed by atoms with van der Waals surface area (Å²) in [5.74, 6) is 0.903. The summed E-state index contributed by atoms with van der Waals surface area (Å²) >= 11 is 0. The van der Waals surface area contributed by atoms with Crippen molar-refractivity contribution in [3.05, 3.63) is 47.9 Å². The maximum atomic E-state index is 12.5. The van der Waals surface area contributed by atoms with E-state index in [1.807, 2.05) is 13.1 Å². The van der Waals surface area contributed by atoms with Crippen LogP contribution in [0, 0.1) is 18.3 Å². The molecule has 1 aliphatic rings. The molecule has 0 radical (unpaired) electrons. The Labute approximate surface area is 156 Å². The van der Waals surface area contributed by atoms with E-state index in [1.165, 1.54) is 0 Å². The number of nitrogens with one attached hydrogen (secondary N) is 2. The van der Waals surface area contributed by atoms with E-state index in [4.69, 9.17) is 5.26 Å². The van der Waals surface area contributed by atoms with Gasteiger partial charge in [-0.05, 0) is 30.7 Å². The van der Waals surface area contributed by atoms with Crippen LogP contribution in [0.5, 0.6) is 0 Å². The number of fused-ring (bicyclic) bond motifs is 1. The number of aryl methyl sites for hydroxylation is 1. The number of aromatic nitrogens is 3. The van der Waals surface area contributed by atoms with Crippen LogP contribution in [0.3, 0.4) is 0 Å². The predicted octanol–water partition coefficient (Wildman–Crippen LogP) is 2.49. The van der Waals surface area contributed by atoms with Crippen molar-refractivity contribution in [1.29, 1.82) is 5.26 Å². The van der Waals surface area contributed by atoms with Crippen molar-refractivity contribution in [3.63, 3.8) is 0 Å². The second-order valence-electron chi connectivity index (χ2n) is 6.49. The van der Waals surface area contributed by atoms with Crippen LogP contribution in [0.4, 0.5) is 16.3 Å². The van der Waals surface area contributed by atoms with Gasteiger partial charge in [0.2, 0.25) is 0 Å². The molecular formula is C19H19N7O. The molecule has 1 aromatic carbocycles. The maximum absolute atomic E-state index is 12.5. The van der Waals surface area contributed by atoms with Gasteiger partial charge in [0.25, 0.3) is 0 Å². The highest BCUT2D eigenvalue weighted by Crippen LogP contribution is 2.26. The summed E-state index contributed by atoms with van der Waals surface area (Å²) < 4.78 is 0. The largest absolute Gasteiger partial charge is 0.352 e. The molecule has 0 bridgehead atoms. The van der Waals surface area contributed by atoms with Crippen LogP contribution in [0.2, 0.25) is 0 Å². The van der Waals surface area contributed by atoms with Crippen molar-refractivity contribution in [1.82, 2.24) is 19.9 Å². The van der Waals surface area contributed by atoms with Crippen LogP contribution in [-0.2, 0) is 0 Å². The molecule has 0 unspecified atom stereocenters. The SMILES string of the molecule is Cc1c[nH]c2ncnc(N3CCN(C(=O)Nc4cccc(C#N)c4)CC3)c12. The van der Waals surface area contributed by atoms with Gasteiger partial charge in [-0.15, -0.1) is 0 Å². The molecule has 1 fully saturated rings. The van der Waals surface area contributed by atoms with Gasteiger partial charge >= 0.3 is 6.03 Å². The third-order valence-corrected chi connectivity index (χ3v) is 4.76. The first-order valence-corrected chi connectivity index (χ1v) is 8.75. The summed E-state index contributed by atoms with van der Waals surface area (Å²) in [6, 6.07) is 8.83. The molecule has 2 N–H and O–H groups in total. The number of nitrogens with zero attached hydrogens (tertiary/aromatic N) is 5. The van der Waals surface area contributed by atoms with Crippen molar-refractivity contribution in [2.75, 3.05) is 36.4 Å². The van der Waals surface area contributed by atoms with E-state index in [1.54, 1.807) is 35.5 Å². The molecule has 3 aromatic rings. The number of rotatable bonds is 2. The van der Waals surface area contributed by atoms with Crippen LogP contribution < -0.4 is 10.2 Å². The number of carbonyl (C=O) groups is 1. The zero-order valence-corrected chi connectivity index (χ0v) is 14.9. The first kappa shape index (κ1) is 16.8. The van der Waals surface area contributed by atoms with Gasteiger partial charge < -0.3 is 20.1 Å². The fourth-order valence-corrected chi connectivity index (χ4v) is 3.33. The second-order valence-corrected chi connectivity index (χ2v) is 6.49. The standard InChI is InChI=1S/C19H19N7O/c1-13-11-21-17-16(13)18(23-12-22-17)25-5-7-26(8-6-25)19(27)24-15-4-2-3-14(9-15)10-20/h2-4,9,11-12H,5-8H2,1H3,(H,24,27)(H,21,22,23). The lowest BCUT2D eigenvalue weighted by molar-refractivity contribution is 0.208. The van der Waals surface area contributed by atoms with Gasteiger partial charge in [-0.1, -0.05) is 6.07 Å². The highest BCUT2D eigenvalue weighted by atomic mass is 16.2. The summed E-state index contributed by atoms with van der Waals surface area (Å²) in [7, 11) is 0. The van der Waals surface area contributed by atoms with Crippen LogP contribution in [0.15, 0.2) is 36.8 Å². The van der Waals surface area contributed by atoms with Gasteiger partial charge in [0.1, 0.15) is 17.8 Å². The number of nitriles is 1. The third-order valence-electron chi connectivity index (χ3n) is 4.76. The molecule has 1 saturated heterocycles. The van der Waals surface area contributed by atoms with Crippen LogP contribution >= 0.6 is 0 Å². The van der Waals surface area contributed by atoms with Crippen molar-refractivity contribution in [2.45, 2.75) is 6.92 Å². The first-order chi connectivity index (χ1) is 13.2. The lowest BCUT2D eigenvalue weighted by Crippen LogP contribution is -2.50. The number of hydrogen-bond donors (Lipinski definition) is 2. The van der Waals surface area contributed by atoms with Crippen LogP contribution in [-0.4, -0.2) is 52.1 Å². The van der Waals surface area contributed by atoms with Gasteiger partial charge in [0, 0.05) is 38.1 Å². The summed E-state index contributed by atoms with van der Waals surface area (Å²) in [5, 5.41) is 12.9. The summed E-state index contributed by atoms with van der Waals surface area (Å²) in [4.78, 5) is 28.4. The van der Waals surface area contributed by atoms with Gasteiger partial charge in [0.05, 0.1) is 17.0 Å². The normalized spacial score (nSPS) is 14.2.